The lowest BCUT2D eigenvalue weighted by Gasteiger charge is -2.15. The summed E-state index contributed by atoms with van der Waals surface area (Å²) < 4.78 is 12.8. The van der Waals surface area contributed by atoms with E-state index < -0.39 is 5.95 Å². The Balaban J connectivity index is 2.36. The first-order valence-corrected chi connectivity index (χ1v) is 7.17. The minimum atomic E-state index is -0.613. The molecule has 0 saturated heterocycles. The summed E-state index contributed by atoms with van der Waals surface area (Å²) >= 11 is 6.20. The van der Waals surface area contributed by atoms with Gasteiger partial charge in [0.25, 0.3) is 5.91 Å². The number of aryl methyl sites for hydroxylation is 1. The molecule has 0 radical (unpaired) electrons. The summed E-state index contributed by atoms with van der Waals surface area (Å²) in [5.74, 6) is -0.938. The van der Waals surface area contributed by atoms with Crippen LogP contribution in [0.1, 0.15) is 35.3 Å². The van der Waals surface area contributed by atoms with Crippen molar-refractivity contribution >= 4 is 23.2 Å². The van der Waals surface area contributed by atoms with Crippen molar-refractivity contribution in [1.29, 1.82) is 0 Å². The Morgan fingerprint density at radius 3 is 2.57 bits per heavy atom. The van der Waals surface area contributed by atoms with E-state index in [9.17, 15) is 9.18 Å². The number of nitrogens with zero attached hydrogens (tertiary/aromatic N) is 1. The van der Waals surface area contributed by atoms with Crippen molar-refractivity contribution in [3.05, 3.63) is 58.1 Å². The summed E-state index contributed by atoms with van der Waals surface area (Å²) in [6, 6.07) is 6.31. The lowest BCUT2D eigenvalue weighted by molar-refractivity contribution is 0.102. The van der Waals surface area contributed by atoms with Crippen molar-refractivity contribution in [3.8, 4) is 0 Å². The molecule has 21 heavy (non-hydrogen) atoms. The minimum Gasteiger partial charge on any atom is -0.321 e. The van der Waals surface area contributed by atoms with E-state index in [0.717, 1.165) is 29.3 Å². The molecule has 0 atom stereocenters. The Morgan fingerprint density at radius 1 is 1.24 bits per heavy atom. The minimum absolute atomic E-state index is 0.306. The number of amides is 1. The van der Waals surface area contributed by atoms with Crippen LogP contribution >= 0.6 is 11.6 Å². The van der Waals surface area contributed by atoms with Gasteiger partial charge in [0.2, 0.25) is 5.95 Å². The quantitative estimate of drug-likeness (QED) is 0.858. The van der Waals surface area contributed by atoms with Crippen LogP contribution in [0.3, 0.4) is 0 Å². The van der Waals surface area contributed by atoms with Crippen molar-refractivity contribution in [2.75, 3.05) is 5.32 Å². The molecule has 0 aliphatic heterocycles. The van der Waals surface area contributed by atoms with Crippen LogP contribution in [0.4, 0.5) is 10.1 Å². The smallest absolute Gasteiger partial charge is 0.257 e. The zero-order valence-electron chi connectivity index (χ0n) is 11.9. The Bertz CT molecular complexity index is 656. The molecule has 3 nitrogen and oxygen atoms in total. The molecule has 1 aromatic carbocycles. The van der Waals surface area contributed by atoms with Gasteiger partial charge in [0.05, 0.1) is 5.56 Å². The van der Waals surface area contributed by atoms with Crippen LogP contribution in [0.15, 0.2) is 30.5 Å². The molecule has 0 aliphatic rings. The highest BCUT2D eigenvalue weighted by Crippen LogP contribution is 2.29. The zero-order chi connectivity index (χ0) is 15.4. The number of hydrogen-bond donors (Lipinski definition) is 1. The van der Waals surface area contributed by atoms with Crippen LogP contribution in [0.5, 0.6) is 0 Å². The number of rotatable bonds is 4. The van der Waals surface area contributed by atoms with Gasteiger partial charge in [-0.3, -0.25) is 4.79 Å². The van der Waals surface area contributed by atoms with E-state index in [1.54, 1.807) is 0 Å². The standard InChI is InChI=1S/C16H16ClFN2O/c1-3-10-5-7-13(17)12(4-2)15(10)20-16(21)11-6-8-14(18)19-9-11/h5-9H,3-4H2,1-2H3,(H,20,21). The number of benzene rings is 1. The van der Waals surface area contributed by atoms with Gasteiger partial charge in [0.1, 0.15) is 0 Å². The molecular weight excluding hydrogens is 291 g/mol. The summed E-state index contributed by atoms with van der Waals surface area (Å²) in [7, 11) is 0. The van der Waals surface area contributed by atoms with Crippen molar-refractivity contribution in [2.45, 2.75) is 26.7 Å². The molecule has 0 saturated carbocycles. The maximum Gasteiger partial charge on any atom is 0.257 e. The molecule has 1 N–H and O–H groups in total. The Morgan fingerprint density at radius 2 is 2.00 bits per heavy atom. The van der Waals surface area contributed by atoms with Crippen molar-refractivity contribution < 1.29 is 9.18 Å². The van der Waals surface area contributed by atoms with E-state index in [0.29, 0.717) is 17.0 Å². The molecule has 5 heteroatoms. The van der Waals surface area contributed by atoms with Crippen molar-refractivity contribution in [1.82, 2.24) is 4.98 Å². The molecule has 0 unspecified atom stereocenters. The molecule has 2 aromatic rings. The zero-order valence-corrected chi connectivity index (χ0v) is 12.7. The molecular formula is C16H16ClFN2O. The third-order valence-electron chi connectivity index (χ3n) is 3.30. The fourth-order valence-corrected chi connectivity index (χ4v) is 2.45. The average Bonchev–Trinajstić information content (AvgIpc) is 2.48. The topological polar surface area (TPSA) is 42.0 Å². The molecule has 0 bridgehead atoms. The number of nitrogens with one attached hydrogen (secondary N) is 1. The van der Waals surface area contributed by atoms with Gasteiger partial charge in [0.15, 0.2) is 0 Å². The highest BCUT2D eigenvalue weighted by Gasteiger charge is 2.14. The first-order chi connectivity index (χ1) is 10.1. The van der Waals surface area contributed by atoms with Crippen LogP contribution < -0.4 is 5.32 Å². The van der Waals surface area contributed by atoms with E-state index in [1.807, 2.05) is 26.0 Å². The first kappa shape index (κ1) is 15.4. The average molecular weight is 307 g/mol. The van der Waals surface area contributed by atoms with Gasteiger partial charge in [0, 0.05) is 16.9 Å². The van der Waals surface area contributed by atoms with Crippen molar-refractivity contribution in [2.24, 2.45) is 0 Å². The van der Waals surface area contributed by atoms with Gasteiger partial charge in [-0.2, -0.15) is 4.39 Å². The summed E-state index contributed by atoms with van der Waals surface area (Å²) in [5.41, 5.74) is 2.96. The van der Waals surface area contributed by atoms with Crippen LogP contribution in [-0.4, -0.2) is 10.9 Å². The lowest BCUT2D eigenvalue weighted by atomic mass is 10.0. The number of carbonyl (C=O) groups excluding carboxylic acids is 1. The molecule has 2 rings (SSSR count). The third kappa shape index (κ3) is 3.39. The van der Waals surface area contributed by atoms with E-state index >= 15 is 0 Å². The number of carbonyl (C=O) groups is 1. The van der Waals surface area contributed by atoms with Crippen LogP contribution in [0.2, 0.25) is 5.02 Å². The molecule has 1 heterocycles. The normalized spacial score (nSPS) is 10.5. The summed E-state index contributed by atoms with van der Waals surface area (Å²) in [5, 5.41) is 3.50. The number of aromatic nitrogens is 1. The fraction of sp³-hybridized carbons (Fsp3) is 0.250. The second kappa shape index (κ2) is 6.68. The molecule has 0 fully saturated rings. The highest BCUT2D eigenvalue weighted by molar-refractivity contribution is 6.32. The summed E-state index contributed by atoms with van der Waals surface area (Å²) in [6.07, 6.45) is 2.71. The molecule has 1 amide bonds. The SMILES string of the molecule is CCc1ccc(Cl)c(CC)c1NC(=O)c1ccc(F)nc1. The number of halogens is 2. The monoisotopic (exact) mass is 306 g/mol. The van der Waals surface area contributed by atoms with Gasteiger partial charge in [-0.1, -0.05) is 31.5 Å². The highest BCUT2D eigenvalue weighted by atomic mass is 35.5. The second-order valence-corrected chi connectivity index (χ2v) is 5.00. The van der Waals surface area contributed by atoms with E-state index in [1.165, 1.54) is 12.3 Å². The second-order valence-electron chi connectivity index (χ2n) is 4.59. The molecule has 0 spiro atoms. The number of hydrogen-bond acceptors (Lipinski definition) is 2. The van der Waals surface area contributed by atoms with Gasteiger partial charge >= 0.3 is 0 Å². The largest absolute Gasteiger partial charge is 0.321 e. The Kier molecular flexibility index (Phi) is 4.91. The Labute approximate surface area is 128 Å². The predicted octanol–water partition coefficient (Wildman–Crippen LogP) is 4.25. The summed E-state index contributed by atoms with van der Waals surface area (Å²) in [6.45, 7) is 3.99. The number of anilines is 1. The van der Waals surface area contributed by atoms with Gasteiger partial charge in [-0.25, -0.2) is 4.98 Å². The summed E-state index contributed by atoms with van der Waals surface area (Å²) in [4.78, 5) is 15.7. The molecule has 0 aliphatic carbocycles. The molecule has 1 aromatic heterocycles. The van der Waals surface area contributed by atoms with Crippen LogP contribution in [0, 0.1) is 5.95 Å². The molecule has 110 valence electrons. The van der Waals surface area contributed by atoms with E-state index in [2.05, 4.69) is 10.3 Å². The van der Waals surface area contributed by atoms with E-state index in [4.69, 9.17) is 11.6 Å². The third-order valence-corrected chi connectivity index (χ3v) is 3.66. The Hall–Kier alpha value is -1.94. The maximum absolute atomic E-state index is 12.8. The number of pyridine rings is 1. The van der Waals surface area contributed by atoms with Crippen molar-refractivity contribution in [3.63, 3.8) is 0 Å². The van der Waals surface area contributed by atoms with Crippen LogP contribution in [0.25, 0.3) is 0 Å². The first-order valence-electron chi connectivity index (χ1n) is 6.80. The fourth-order valence-electron chi connectivity index (χ4n) is 2.16. The maximum atomic E-state index is 12.8. The lowest BCUT2D eigenvalue weighted by Crippen LogP contribution is -2.15. The predicted molar refractivity (Wildman–Crippen MR) is 82.4 cm³/mol. The van der Waals surface area contributed by atoms with Gasteiger partial charge in [-0.05, 0) is 42.2 Å². The van der Waals surface area contributed by atoms with E-state index in [-0.39, 0.29) is 5.91 Å². The van der Waals surface area contributed by atoms with Crippen LogP contribution in [-0.2, 0) is 12.8 Å². The van der Waals surface area contributed by atoms with Gasteiger partial charge in [-0.15, -0.1) is 0 Å². The van der Waals surface area contributed by atoms with Gasteiger partial charge < -0.3 is 5.32 Å².